The summed E-state index contributed by atoms with van der Waals surface area (Å²) in [5.74, 6) is 0.206. The van der Waals surface area contributed by atoms with Gasteiger partial charge in [0.15, 0.2) is 0 Å². The number of hydrogen-bond acceptors (Lipinski definition) is 3. The summed E-state index contributed by atoms with van der Waals surface area (Å²) >= 11 is 0. The Kier molecular flexibility index (Phi) is 4.24. The number of rotatable bonds is 4. The highest BCUT2D eigenvalue weighted by atomic mass is 19.4. The SMILES string of the molecule is C=C(Nc1cc2cn[nH]c2cc1C(C)C)c1cccc(C(F)(F)F)n1. The van der Waals surface area contributed by atoms with Gasteiger partial charge in [0, 0.05) is 11.1 Å². The number of H-pyrrole nitrogens is 1. The molecule has 3 aromatic rings. The van der Waals surface area contributed by atoms with E-state index in [0.717, 1.165) is 28.2 Å². The van der Waals surface area contributed by atoms with E-state index in [2.05, 4.69) is 27.1 Å². The fourth-order valence-corrected chi connectivity index (χ4v) is 2.58. The van der Waals surface area contributed by atoms with E-state index in [9.17, 15) is 13.2 Å². The lowest BCUT2D eigenvalue weighted by atomic mass is 9.99. The number of aromatic nitrogens is 3. The molecule has 0 atom stereocenters. The van der Waals surface area contributed by atoms with Crippen molar-refractivity contribution in [2.75, 3.05) is 5.32 Å². The first-order valence-electron chi connectivity index (χ1n) is 7.73. The Morgan fingerprint density at radius 2 is 2.00 bits per heavy atom. The Balaban J connectivity index is 1.95. The van der Waals surface area contributed by atoms with Gasteiger partial charge in [-0.15, -0.1) is 0 Å². The second-order valence-corrected chi connectivity index (χ2v) is 6.06. The van der Waals surface area contributed by atoms with Crippen LogP contribution >= 0.6 is 0 Å². The first-order valence-corrected chi connectivity index (χ1v) is 7.73. The van der Waals surface area contributed by atoms with E-state index in [1.807, 2.05) is 26.0 Å². The van der Waals surface area contributed by atoms with E-state index in [1.54, 1.807) is 6.20 Å². The first kappa shape index (κ1) is 17.0. The van der Waals surface area contributed by atoms with Crippen LogP contribution in [0.25, 0.3) is 16.6 Å². The summed E-state index contributed by atoms with van der Waals surface area (Å²) in [5, 5.41) is 10.9. The molecule has 0 radical (unpaired) electrons. The van der Waals surface area contributed by atoms with Crippen LogP contribution < -0.4 is 5.32 Å². The highest BCUT2D eigenvalue weighted by Gasteiger charge is 2.32. The number of anilines is 1. The Labute approximate surface area is 142 Å². The normalized spacial score (nSPS) is 11.9. The maximum atomic E-state index is 12.8. The average molecular weight is 346 g/mol. The van der Waals surface area contributed by atoms with Crippen molar-refractivity contribution in [1.29, 1.82) is 0 Å². The molecule has 25 heavy (non-hydrogen) atoms. The van der Waals surface area contributed by atoms with E-state index in [1.165, 1.54) is 12.1 Å². The van der Waals surface area contributed by atoms with Gasteiger partial charge in [-0.3, -0.25) is 5.10 Å². The minimum atomic E-state index is -4.49. The summed E-state index contributed by atoms with van der Waals surface area (Å²) in [5.41, 5.74) is 2.19. The van der Waals surface area contributed by atoms with Gasteiger partial charge >= 0.3 is 6.18 Å². The predicted octanol–water partition coefficient (Wildman–Crippen LogP) is 5.18. The molecule has 2 heterocycles. The Morgan fingerprint density at radius 3 is 2.68 bits per heavy atom. The fourth-order valence-electron chi connectivity index (χ4n) is 2.58. The van der Waals surface area contributed by atoms with Crippen LogP contribution in [0, 0.1) is 0 Å². The number of benzene rings is 1. The van der Waals surface area contributed by atoms with Crippen LogP contribution in [-0.2, 0) is 6.18 Å². The van der Waals surface area contributed by atoms with Crippen molar-refractivity contribution in [2.45, 2.75) is 25.9 Å². The van der Waals surface area contributed by atoms with Crippen LogP contribution in [0.15, 0.2) is 43.1 Å². The average Bonchev–Trinajstić information content (AvgIpc) is 3.00. The monoisotopic (exact) mass is 346 g/mol. The zero-order valence-corrected chi connectivity index (χ0v) is 13.8. The summed E-state index contributed by atoms with van der Waals surface area (Å²) in [6, 6.07) is 7.62. The van der Waals surface area contributed by atoms with E-state index < -0.39 is 11.9 Å². The molecule has 0 saturated heterocycles. The minimum absolute atomic E-state index is 0.150. The summed E-state index contributed by atoms with van der Waals surface area (Å²) in [4.78, 5) is 3.66. The molecule has 4 nitrogen and oxygen atoms in total. The van der Waals surface area contributed by atoms with Gasteiger partial charge in [-0.25, -0.2) is 4.98 Å². The second kappa shape index (κ2) is 6.23. The van der Waals surface area contributed by atoms with Crippen LogP contribution in [0.4, 0.5) is 18.9 Å². The molecule has 0 amide bonds. The quantitative estimate of drug-likeness (QED) is 0.684. The lowest BCUT2D eigenvalue weighted by Gasteiger charge is -2.17. The smallest absolute Gasteiger partial charge is 0.354 e. The number of nitrogens with zero attached hydrogens (tertiary/aromatic N) is 2. The molecule has 0 spiro atoms. The van der Waals surface area contributed by atoms with Gasteiger partial charge < -0.3 is 5.32 Å². The summed E-state index contributed by atoms with van der Waals surface area (Å²) in [7, 11) is 0. The molecule has 0 bridgehead atoms. The van der Waals surface area contributed by atoms with Crippen molar-refractivity contribution in [3.05, 3.63) is 60.1 Å². The van der Waals surface area contributed by atoms with E-state index >= 15 is 0 Å². The largest absolute Gasteiger partial charge is 0.433 e. The minimum Gasteiger partial charge on any atom is -0.354 e. The number of pyridine rings is 1. The van der Waals surface area contributed by atoms with Crippen molar-refractivity contribution < 1.29 is 13.2 Å². The number of alkyl halides is 3. The molecule has 0 aliphatic carbocycles. The molecule has 0 aliphatic rings. The van der Waals surface area contributed by atoms with Gasteiger partial charge in [-0.2, -0.15) is 18.3 Å². The molecule has 2 aromatic heterocycles. The molecule has 1 aromatic carbocycles. The van der Waals surface area contributed by atoms with Crippen LogP contribution in [0.5, 0.6) is 0 Å². The third-order valence-electron chi connectivity index (χ3n) is 3.87. The summed E-state index contributed by atoms with van der Waals surface area (Å²) < 4.78 is 38.5. The highest BCUT2D eigenvalue weighted by molar-refractivity contribution is 5.87. The first-order chi connectivity index (χ1) is 11.8. The Bertz CT molecular complexity index is 925. The number of hydrogen-bond donors (Lipinski definition) is 2. The zero-order chi connectivity index (χ0) is 18.2. The molecule has 0 aliphatic heterocycles. The van der Waals surface area contributed by atoms with Gasteiger partial charge in [0.05, 0.1) is 23.1 Å². The molecule has 0 unspecified atom stereocenters. The molecule has 130 valence electrons. The summed E-state index contributed by atoms with van der Waals surface area (Å²) in [6.07, 6.45) is -2.80. The van der Waals surface area contributed by atoms with Gasteiger partial charge in [0.1, 0.15) is 5.69 Å². The van der Waals surface area contributed by atoms with Crippen LogP contribution in [0.1, 0.15) is 36.7 Å². The number of aromatic amines is 1. The topological polar surface area (TPSA) is 53.6 Å². The van der Waals surface area contributed by atoms with Crippen molar-refractivity contribution in [3.8, 4) is 0 Å². The number of halogens is 3. The van der Waals surface area contributed by atoms with E-state index in [-0.39, 0.29) is 11.6 Å². The van der Waals surface area contributed by atoms with Crippen LogP contribution in [0.2, 0.25) is 0 Å². The van der Waals surface area contributed by atoms with E-state index in [4.69, 9.17) is 0 Å². The standard InChI is InChI=1S/C18H17F3N4/c1-10(2)13-8-15-12(9-22-25-15)7-16(13)23-11(3)14-5-4-6-17(24-14)18(19,20)21/h4-10,23H,3H2,1-2H3,(H,22,25). The van der Waals surface area contributed by atoms with Gasteiger partial charge in [-0.1, -0.05) is 26.5 Å². The number of fused-ring (bicyclic) bond motifs is 1. The third kappa shape index (κ3) is 3.50. The molecule has 7 heteroatoms. The van der Waals surface area contributed by atoms with Crippen LogP contribution in [-0.4, -0.2) is 15.2 Å². The molecular weight excluding hydrogens is 329 g/mol. The molecule has 2 N–H and O–H groups in total. The number of nitrogens with one attached hydrogen (secondary N) is 2. The van der Waals surface area contributed by atoms with Crippen molar-refractivity contribution in [2.24, 2.45) is 0 Å². The highest BCUT2D eigenvalue weighted by Crippen LogP contribution is 2.32. The molecule has 3 rings (SSSR count). The van der Waals surface area contributed by atoms with Gasteiger partial charge in [0.2, 0.25) is 0 Å². The zero-order valence-electron chi connectivity index (χ0n) is 13.8. The van der Waals surface area contributed by atoms with Crippen molar-refractivity contribution >= 4 is 22.3 Å². The van der Waals surface area contributed by atoms with Crippen LogP contribution in [0.3, 0.4) is 0 Å². The fraction of sp³-hybridized carbons (Fsp3) is 0.222. The maximum absolute atomic E-state index is 12.8. The molecule has 0 saturated carbocycles. The Morgan fingerprint density at radius 1 is 1.24 bits per heavy atom. The second-order valence-electron chi connectivity index (χ2n) is 6.06. The van der Waals surface area contributed by atoms with E-state index in [0.29, 0.717) is 5.70 Å². The lowest BCUT2D eigenvalue weighted by Crippen LogP contribution is -2.10. The summed E-state index contributed by atoms with van der Waals surface area (Å²) in [6.45, 7) is 7.92. The Hall–Kier alpha value is -2.83. The predicted molar refractivity (Wildman–Crippen MR) is 92.1 cm³/mol. The van der Waals surface area contributed by atoms with Gasteiger partial charge in [0.25, 0.3) is 0 Å². The van der Waals surface area contributed by atoms with Crippen molar-refractivity contribution in [3.63, 3.8) is 0 Å². The lowest BCUT2D eigenvalue weighted by molar-refractivity contribution is -0.141. The van der Waals surface area contributed by atoms with Crippen molar-refractivity contribution in [1.82, 2.24) is 15.2 Å². The van der Waals surface area contributed by atoms with Gasteiger partial charge in [-0.05, 0) is 35.7 Å². The molecular formula is C18H17F3N4. The maximum Gasteiger partial charge on any atom is 0.433 e. The third-order valence-corrected chi connectivity index (χ3v) is 3.87. The molecule has 0 fully saturated rings.